The largest absolute Gasteiger partial charge is 0.461 e. The molecule has 0 bridgehead atoms. The van der Waals surface area contributed by atoms with E-state index in [0.29, 0.717) is 18.9 Å². The number of rotatable bonds is 4. The maximum atomic E-state index is 11.6. The fourth-order valence-corrected chi connectivity index (χ4v) is 2.36. The maximum Gasteiger partial charge on any atom is 0.306 e. The van der Waals surface area contributed by atoms with Crippen molar-refractivity contribution in [1.29, 1.82) is 0 Å². The number of benzene rings is 1. The van der Waals surface area contributed by atoms with Gasteiger partial charge in [-0.25, -0.2) is 0 Å². The molecule has 0 aromatic heterocycles. The Labute approximate surface area is 110 Å². The van der Waals surface area contributed by atoms with Gasteiger partial charge in [0.2, 0.25) is 0 Å². The van der Waals surface area contributed by atoms with Crippen molar-refractivity contribution in [2.45, 2.75) is 19.4 Å². The summed E-state index contributed by atoms with van der Waals surface area (Å²) >= 11 is 3.43. The highest BCUT2D eigenvalue weighted by molar-refractivity contribution is 9.10. The smallest absolute Gasteiger partial charge is 0.306 e. The third-order valence-corrected chi connectivity index (χ3v) is 3.74. The molecule has 0 radical (unpaired) electrons. The molecule has 0 amide bonds. The summed E-state index contributed by atoms with van der Waals surface area (Å²) in [5, 5.41) is 3.25. The highest BCUT2D eigenvalue weighted by Gasteiger charge is 2.18. The van der Waals surface area contributed by atoms with Crippen molar-refractivity contribution < 1.29 is 9.53 Å². The molecule has 1 aromatic rings. The normalized spacial score (nSPS) is 19.2. The number of carbonyl (C=O) groups excluding carboxylic acids is 1. The molecule has 0 saturated carbocycles. The van der Waals surface area contributed by atoms with Crippen molar-refractivity contribution >= 4 is 21.9 Å². The summed E-state index contributed by atoms with van der Waals surface area (Å²) in [6.07, 6.45) is 1.60. The Morgan fingerprint density at radius 3 is 3.00 bits per heavy atom. The first-order chi connectivity index (χ1) is 8.25. The predicted molar refractivity (Wildman–Crippen MR) is 69.5 cm³/mol. The number of hydrogen-bond donors (Lipinski definition) is 1. The second-order valence-corrected chi connectivity index (χ2v) is 5.17. The second-order valence-electron chi connectivity index (χ2n) is 4.32. The summed E-state index contributed by atoms with van der Waals surface area (Å²) in [5.74, 6) is 0.344. The van der Waals surface area contributed by atoms with E-state index < -0.39 is 0 Å². The number of ether oxygens (including phenoxy) is 1. The predicted octanol–water partition coefficient (Wildman–Crippen LogP) is 2.49. The third kappa shape index (κ3) is 3.82. The Hall–Kier alpha value is -0.870. The van der Waals surface area contributed by atoms with Crippen LogP contribution in [-0.4, -0.2) is 19.1 Å². The van der Waals surface area contributed by atoms with Crippen molar-refractivity contribution in [1.82, 2.24) is 5.32 Å². The molecule has 4 heteroatoms. The molecule has 0 aliphatic carbocycles. The van der Waals surface area contributed by atoms with Crippen LogP contribution < -0.4 is 5.32 Å². The van der Waals surface area contributed by atoms with Crippen LogP contribution in [0.5, 0.6) is 0 Å². The first-order valence-electron chi connectivity index (χ1n) is 5.85. The first kappa shape index (κ1) is 12.6. The molecule has 1 saturated heterocycles. The van der Waals surface area contributed by atoms with Gasteiger partial charge in [0.1, 0.15) is 6.61 Å². The highest BCUT2D eigenvalue weighted by Crippen LogP contribution is 2.18. The number of hydrogen-bond acceptors (Lipinski definition) is 3. The molecule has 1 aromatic carbocycles. The minimum absolute atomic E-state index is 0.102. The summed E-state index contributed by atoms with van der Waals surface area (Å²) in [6, 6.07) is 7.78. The SMILES string of the molecule is O=C(CC1CCNC1)OCc1ccccc1Br. The van der Waals surface area contributed by atoms with E-state index in [-0.39, 0.29) is 5.97 Å². The van der Waals surface area contributed by atoms with E-state index in [0.717, 1.165) is 29.5 Å². The Balaban J connectivity index is 1.77. The van der Waals surface area contributed by atoms with E-state index >= 15 is 0 Å². The van der Waals surface area contributed by atoms with E-state index in [1.807, 2.05) is 24.3 Å². The average Bonchev–Trinajstić information content (AvgIpc) is 2.81. The first-order valence-corrected chi connectivity index (χ1v) is 6.65. The van der Waals surface area contributed by atoms with Crippen molar-refractivity contribution in [2.75, 3.05) is 13.1 Å². The monoisotopic (exact) mass is 297 g/mol. The van der Waals surface area contributed by atoms with Gasteiger partial charge in [0, 0.05) is 16.5 Å². The molecule has 1 N–H and O–H groups in total. The van der Waals surface area contributed by atoms with Gasteiger partial charge < -0.3 is 10.1 Å². The van der Waals surface area contributed by atoms with Gasteiger partial charge in [0.25, 0.3) is 0 Å². The van der Waals surface area contributed by atoms with E-state index in [1.165, 1.54) is 0 Å². The summed E-state index contributed by atoms with van der Waals surface area (Å²) in [6.45, 7) is 2.30. The molecule has 1 aliphatic rings. The van der Waals surface area contributed by atoms with Gasteiger partial charge in [-0.2, -0.15) is 0 Å². The van der Waals surface area contributed by atoms with Gasteiger partial charge >= 0.3 is 5.97 Å². The molecule has 3 nitrogen and oxygen atoms in total. The fourth-order valence-electron chi connectivity index (χ4n) is 1.96. The van der Waals surface area contributed by atoms with Crippen LogP contribution in [0.25, 0.3) is 0 Å². The summed E-state index contributed by atoms with van der Waals surface area (Å²) in [7, 11) is 0. The molecular formula is C13H16BrNO2. The lowest BCUT2D eigenvalue weighted by atomic mass is 10.1. The lowest BCUT2D eigenvalue weighted by molar-refractivity contribution is -0.145. The van der Waals surface area contributed by atoms with Crippen LogP contribution in [0.1, 0.15) is 18.4 Å². The third-order valence-electron chi connectivity index (χ3n) is 2.96. The van der Waals surface area contributed by atoms with E-state index in [9.17, 15) is 4.79 Å². The number of halogens is 1. The van der Waals surface area contributed by atoms with Gasteiger partial charge in [-0.05, 0) is 31.5 Å². The molecule has 1 fully saturated rings. The molecular weight excluding hydrogens is 282 g/mol. The Kier molecular flexibility index (Phi) is 4.57. The summed E-state index contributed by atoms with van der Waals surface area (Å²) in [4.78, 5) is 11.6. The summed E-state index contributed by atoms with van der Waals surface area (Å²) < 4.78 is 6.26. The minimum Gasteiger partial charge on any atom is -0.461 e. The Bertz CT molecular complexity index is 389. The zero-order valence-corrected chi connectivity index (χ0v) is 11.2. The van der Waals surface area contributed by atoms with E-state index in [1.54, 1.807) is 0 Å². The number of nitrogens with one attached hydrogen (secondary N) is 1. The van der Waals surface area contributed by atoms with Crippen LogP contribution in [0.2, 0.25) is 0 Å². The zero-order chi connectivity index (χ0) is 12.1. The molecule has 1 heterocycles. The van der Waals surface area contributed by atoms with Crippen molar-refractivity contribution in [3.8, 4) is 0 Å². The maximum absolute atomic E-state index is 11.6. The molecule has 1 aliphatic heterocycles. The second kappa shape index (κ2) is 6.17. The van der Waals surface area contributed by atoms with Crippen LogP contribution in [0.3, 0.4) is 0 Å². The quantitative estimate of drug-likeness (QED) is 0.868. The van der Waals surface area contributed by atoms with E-state index in [2.05, 4.69) is 21.2 Å². The molecule has 2 rings (SSSR count). The molecule has 1 atom stereocenters. The van der Waals surface area contributed by atoms with Crippen molar-refractivity contribution in [3.63, 3.8) is 0 Å². The summed E-state index contributed by atoms with van der Waals surface area (Å²) in [5.41, 5.74) is 1.00. The topological polar surface area (TPSA) is 38.3 Å². The van der Waals surface area contributed by atoms with Crippen molar-refractivity contribution in [2.24, 2.45) is 5.92 Å². The van der Waals surface area contributed by atoms with E-state index in [4.69, 9.17) is 4.74 Å². The van der Waals surface area contributed by atoms with Crippen LogP contribution >= 0.6 is 15.9 Å². The standard InChI is InChI=1S/C13H16BrNO2/c14-12-4-2-1-3-11(12)9-17-13(16)7-10-5-6-15-8-10/h1-4,10,15H,5-9H2. The number of carbonyl (C=O) groups is 1. The molecule has 0 spiro atoms. The van der Waals surface area contributed by atoms with Gasteiger partial charge in [-0.3, -0.25) is 4.79 Å². The fraction of sp³-hybridized carbons (Fsp3) is 0.462. The Morgan fingerprint density at radius 1 is 1.47 bits per heavy atom. The van der Waals surface area contributed by atoms with Crippen LogP contribution in [0, 0.1) is 5.92 Å². The van der Waals surface area contributed by atoms with Crippen LogP contribution in [-0.2, 0) is 16.1 Å². The molecule has 92 valence electrons. The zero-order valence-electron chi connectivity index (χ0n) is 9.62. The lowest BCUT2D eigenvalue weighted by Gasteiger charge is -2.09. The van der Waals surface area contributed by atoms with Crippen molar-refractivity contribution in [3.05, 3.63) is 34.3 Å². The average molecular weight is 298 g/mol. The molecule has 1 unspecified atom stereocenters. The van der Waals surface area contributed by atoms with Gasteiger partial charge in [0.15, 0.2) is 0 Å². The highest BCUT2D eigenvalue weighted by atomic mass is 79.9. The molecule has 17 heavy (non-hydrogen) atoms. The van der Waals surface area contributed by atoms with Gasteiger partial charge in [0.05, 0.1) is 0 Å². The lowest BCUT2D eigenvalue weighted by Crippen LogP contribution is -2.14. The van der Waals surface area contributed by atoms with Gasteiger partial charge in [-0.15, -0.1) is 0 Å². The van der Waals surface area contributed by atoms with Gasteiger partial charge in [-0.1, -0.05) is 34.1 Å². The van der Waals surface area contributed by atoms with Crippen LogP contribution in [0.4, 0.5) is 0 Å². The van der Waals surface area contributed by atoms with Crippen LogP contribution in [0.15, 0.2) is 28.7 Å². The Morgan fingerprint density at radius 2 is 2.29 bits per heavy atom. The minimum atomic E-state index is -0.102. The number of esters is 1.